The number of aromatic nitrogens is 1. The van der Waals surface area contributed by atoms with Crippen LogP contribution in [0.4, 0.5) is 0 Å². The van der Waals surface area contributed by atoms with Crippen molar-refractivity contribution in [3.8, 4) is 0 Å². The molecule has 3 heteroatoms. The van der Waals surface area contributed by atoms with Gasteiger partial charge in [-0.25, -0.2) is 0 Å². The van der Waals surface area contributed by atoms with Gasteiger partial charge in [-0.05, 0) is 45.9 Å². The van der Waals surface area contributed by atoms with E-state index >= 15 is 0 Å². The first-order valence-corrected chi connectivity index (χ1v) is 6.00. The molecule has 0 saturated carbocycles. The van der Waals surface area contributed by atoms with Gasteiger partial charge in [0.2, 0.25) is 0 Å². The third kappa shape index (κ3) is 4.29. The lowest BCUT2D eigenvalue weighted by Gasteiger charge is -2.25. The molecule has 0 aliphatic heterocycles. The quantitative estimate of drug-likeness (QED) is 0.798. The van der Waals surface area contributed by atoms with E-state index in [1.165, 1.54) is 0 Å². The summed E-state index contributed by atoms with van der Waals surface area (Å²) in [6.45, 7) is 9.18. The molecule has 0 aromatic carbocycles. The summed E-state index contributed by atoms with van der Waals surface area (Å²) in [5.74, 6) is 0. The highest BCUT2D eigenvalue weighted by Gasteiger charge is 2.10. The topological polar surface area (TPSA) is 42.1 Å². The molecule has 1 rings (SSSR count). The van der Waals surface area contributed by atoms with E-state index in [9.17, 15) is 0 Å². The van der Waals surface area contributed by atoms with Crippen molar-refractivity contribution in [1.82, 2.24) is 9.88 Å². The third-order valence-electron chi connectivity index (χ3n) is 2.69. The van der Waals surface area contributed by atoms with Crippen molar-refractivity contribution in [3.63, 3.8) is 0 Å². The molecule has 0 aliphatic rings. The zero-order valence-electron chi connectivity index (χ0n) is 10.6. The minimum atomic E-state index is 0.536. The second-order valence-electron chi connectivity index (χ2n) is 4.48. The van der Waals surface area contributed by atoms with E-state index in [1.54, 1.807) is 0 Å². The highest BCUT2D eigenvalue weighted by Crippen LogP contribution is 2.07. The Labute approximate surface area is 98.7 Å². The molecule has 3 nitrogen and oxygen atoms in total. The van der Waals surface area contributed by atoms with Crippen LogP contribution in [0.5, 0.6) is 0 Å². The van der Waals surface area contributed by atoms with Crippen LogP contribution in [0.3, 0.4) is 0 Å². The average Bonchev–Trinajstić information content (AvgIpc) is 2.24. The minimum absolute atomic E-state index is 0.536. The molecule has 0 saturated heterocycles. The third-order valence-corrected chi connectivity index (χ3v) is 2.69. The molecular formula is C13H23N3. The molecule has 16 heavy (non-hydrogen) atoms. The van der Waals surface area contributed by atoms with E-state index in [-0.39, 0.29) is 0 Å². The lowest BCUT2D eigenvalue weighted by molar-refractivity contribution is 0.209. The Bertz CT molecular complexity index is 310. The molecule has 0 amide bonds. The average molecular weight is 221 g/mol. The number of hydrogen-bond donors (Lipinski definition) is 1. The van der Waals surface area contributed by atoms with Crippen molar-refractivity contribution in [2.75, 3.05) is 13.1 Å². The summed E-state index contributed by atoms with van der Waals surface area (Å²) in [6.07, 6.45) is 1.05. The molecule has 0 unspecified atom stereocenters. The fraction of sp³-hybridized carbons (Fsp3) is 0.615. The van der Waals surface area contributed by atoms with Crippen molar-refractivity contribution >= 4 is 0 Å². The van der Waals surface area contributed by atoms with Crippen LogP contribution >= 0.6 is 0 Å². The van der Waals surface area contributed by atoms with E-state index in [0.29, 0.717) is 6.04 Å². The largest absolute Gasteiger partial charge is 0.330 e. The molecule has 1 heterocycles. The zero-order chi connectivity index (χ0) is 12.0. The molecule has 0 spiro atoms. The van der Waals surface area contributed by atoms with E-state index < -0.39 is 0 Å². The van der Waals surface area contributed by atoms with Gasteiger partial charge in [-0.3, -0.25) is 9.88 Å². The smallest absolute Gasteiger partial charge is 0.0547 e. The molecule has 1 aromatic rings. The summed E-state index contributed by atoms with van der Waals surface area (Å²) in [4.78, 5) is 6.94. The monoisotopic (exact) mass is 221 g/mol. The van der Waals surface area contributed by atoms with Crippen molar-refractivity contribution in [2.24, 2.45) is 5.73 Å². The molecule has 0 atom stereocenters. The van der Waals surface area contributed by atoms with Crippen LogP contribution in [0.25, 0.3) is 0 Å². The Balaban J connectivity index is 2.60. The predicted octanol–water partition coefficient (Wildman–Crippen LogP) is 1.95. The van der Waals surface area contributed by atoms with Gasteiger partial charge in [-0.1, -0.05) is 6.07 Å². The highest BCUT2D eigenvalue weighted by molar-refractivity contribution is 5.09. The van der Waals surface area contributed by atoms with Crippen LogP contribution in [0.2, 0.25) is 0 Å². The SMILES string of the molecule is Cc1cccc(CN(CCCN)C(C)C)n1. The van der Waals surface area contributed by atoms with Gasteiger partial charge in [0.15, 0.2) is 0 Å². The zero-order valence-corrected chi connectivity index (χ0v) is 10.6. The summed E-state index contributed by atoms with van der Waals surface area (Å²) in [5.41, 5.74) is 7.78. The molecular weight excluding hydrogens is 198 g/mol. The minimum Gasteiger partial charge on any atom is -0.330 e. The second-order valence-corrected chi connectivity index (χ2v) is 4.48. The van der Waals surface area contributed by atoms with Crippen LogP contribution in [0.1, 0.15) is 31.7 Å². The van der Waals surface area contributed by atoms with Crippen LogP contribution < -0.4 is 5.73 Å². The molecule has 1 aromatic heterocycles. The number of nitrogens with two attached hydrogens (primary N) is 1. The van der Waals surface area contributed by atoms with Crippen molar-refractivity contribution < 1.29 is 0 Å². The van der Waals surface area contributed by atoms with E-state index in [2.05, 4.69) is 35.9 Å². The number of aryl methyl sites for hydroxylation is 1. The summed E-state index contributed by atoms with van der Waals surface area (Å²) in [7, 11) is 0. The van der Waals surface area contributed by atoms with Crippen LogP contribution in [-0.4, -0.2) is 29.0 Å². The number of nitrogens with zero attached hydrogens (tertiary/aromatic N) is 2. The van der Waals surface area contributed by atoms with Gasteiger partial charge in [0.05, 0.1) is 5.69 Å². The van der Waals surface area contributed by atoms with Gasteiger partial charge < -0.3 is 5.73 Å². The molecule has 0 radical (unpaired) electrons. The van der Waals surface area contributed by atoms with Crippen molar-refractivity contribution in [2.45, 2.75) is 39.8 Å². The van der Waals surface area contributed by atoms with E-state index in [4.69, 9.17) is 5.73 Å². The molecule has 0 bridgehead atoms. The van der Waals surface area contributed by atoms with Crippen LogP contribution in [-0.2, 0) is 6.54 Å². The molecule has 0 aliphatic carbocycles. The molecule has 0 fully saturated rings. The summed E-state index contributed by atoms with van der Waals surface area (Å²) >= 11 is 0. The Hall–Kier alpha value is -0.930. The Morgan fingerprint density at radius 3 is 2.69 bits per heavy atom. The van der Waals surface area contributed by atoms with Crippen molar-refractivity contribution in [1.29, 1.82) is 0 Å². The summed E-state index contributed by atoms with van der Waals surface area (Å²) in [6, 6.07) is 6.72. The lowest BCUT2D eigenvalue weighted by Crippen LogP contribution is -2.32. The van der Waals surface area contributed by atoms with Gasteiger partial charge in [0, 0.05) is 24.8 Å². The Morgan fingerprint density at radius 2 is 2.12 bits per heavy atom. The van der Waals surface area contributed by atoms with E-state index in [1.807, 2.05) is 13.0 Å². The fourth-order valence-electron chi connectivity index (χ4n) is 1.71. The van der Waals surface area contributed by atoms with Gasteiger partial charge in [-0.2, -0.15) is 0 Å². The molecule has 2 N–H and O–H groups in total. The van der Waals surface area contributed by atoms with Gasteiger partial charge in [0.1, 0.15) is 0 Å². The predicted molar refractivity (Wildman–Crippen MR) is 68.2 cm³/mol. The standard InChI is InChI=1S/C13H23N3/c1-11(2)16(9-5-8-14)10-13-7-4-6-12(3)15-13/h4,6-7,11H,5,8-10,14H2,1-3H3. The molecule has 90 valence electrons. The first-order valence-electron chi connectivity index (χ1n) is 6.00. The highest BCUT2D eigenvalue weighted by atomic mass is 15.1. The summed E-state index contributed by atoms with van der Waals surface area (Å²) in [5, 5.41) is 0. The van der Waals surface area contributed by atoms with Gasteiger partial charge >= 0.3 is 0 Å². The fourth-order valence-corrected chi connectivity index (χ4v) is 1.71. The maximum Gasteiger partial charge on any atom is 0.0547 e. The Morgan fingerprint density at radius 1 is 1.38 bits per heavy atom. The number of rotatable bonds is 6. The van der Waals surface area contributed by atoms with Crippen LogP contribution in [0, 0.1) is 6.92 Å². The maximum absolute atomic E-state index is 5.55. The van der Waals surface area contributed by atoms with Crippen LogP contribution in [0.15, 0.2) is 18.2 Å². The number of hydrogen-bond acceptors (Lipinski definition) is 3. The Kier molecular flexibility index (Phi) is 5.43. The van der Waals surface area contributed by atoms with E-state index in [0.717, 1.165) is 37.4 Å². The lowest BCUT2D eigenvalue weighted by atomic mass is 10.2. The first kappa shape index (κ1) is 13.1. The first-order chi connectivity index (χ1) is 7.63. The maximum atomic E-state index is 5.55. The summed E-state index contributed by atoms with van der Waals surface area (Å²) < 4.78 is 0. The van der Waals surface area contributed by atoms with Gasteiger partial charge in [0.25, 0.3) is 0 Å². The normalized spacial score (nSPS) is 11.4. The number of pyridine rings is 1. The second kappa shape index (κ2) is 6.61. The van der Waals surface area contributed by atoms with Gasteiger partial charge in [-0.15, -0.1) is 0 Å². The van der Waals surface area contributed by atoms with Crippen molar-refractivity contribution in [3.05, 3.63) is 29.6 Å².